The summed E-state index contributed by atoms with van der Waals surface area (Å²) in [5.74, 6) is -0.958. The molecule has 1 atom stereocenters. The number of carboxylic acid groups (broad SMARTS) is 1. The maximum absolute atomic E-state index is 12.3. The van der Waals surface area contributed by atoms with Gasteiger partial charge in [-0.2, -0.15) is 0 Å². The lowest BCUT2D eigenvalue weighted by Gasteiger charge is -2.24. The van der Waals surface area contributed by atoms with E-state index in [1.807, 2.05) is 31.2 Å². The highest BCUT2D eigenvalue weighted by molar-refractivity contribution is 5.94. The molecule has 1 aliphatic rings. The molecule has 5 heteroatoms. The molecular weight excluding hydrogens is 244 g/mol. The van der Waals surface area contributed by atoms with Crippen molar-refractivity contribution in [1.29, 1.82) is 0 Å². The molecule has 1 unspecified atom stereocenters. The zero-order chi connectivity index (χ0) is 14.0. The van der Waals surface area contributed by atoms with Gasteiger partial charge in [-0.3, -0.25) is 9.69 Å². The Kier molecular flexibility index (Phi) is 3.74. The van der Waals surface area contributed by atoms with Crippen molar-refractivity contribution in [3.8, 4) is 0 Å². The van der Waals surface area contributed by atoms with E-state index in [0.29, 0.717) is 13.1 Å². The number of anilines is 1. The van der Waals surface area contributed by atoms with Crippen molar-refractivity contribution in [2.45, 2.75) is 19.3 Å². The van der Waals surface area contributed by atoms with Gasteiger partial charge in [0.15, 0.2) is 0 Å². The highest BCUT2D eigenvalue weighted by Crippen LogP contribution is 2.38. The number of rotatable bonds is 3. The molecule has 0 radical (unpaired) electrons. The van der Waals surface area contributed by atoms with E-state index in [0.717, 1.165) is 11.3 Å². The third-order valence-corrected chi connectivity index (χ3v) is 3.52. The van der Waals surface area contributed by atoms with Crippen LogP contribution in [0.5, 0.6) is 0 Å². The van der Waals surface area contributed by atoms with Crippen LogP contribution in [0.3, 0.4) is 0 Å². The summed E-state index contributed by atoms with van der Waals surface area (Å²) in [6.45, 7) is 2.98. The van der Waals surface area contributed by atoms with Crippen LogP contribution < -0.4 is 4.90 Å². The molecule has 1 N–H and O–H groups in total. The number of carboxylic acids is 1. The van der Waals surface area contributed by atoms with Crippen molar-refractivity contribution in [3.63, 3.8) is 0 Å². The van der Waals surface area contributed by atoms with Gasteiger partial charge in [-0.05, 0) is 18.6 Å². The molecule has 1 aromatic carbocycles. The number of para-hydroxylation sites is 1. The van der Waals surface area contributed by atoms with E-state index in [1.54, 1.807) is 16.8 Å². The molecule has 2 amide bonds. The molecule has 0 aromatic heterocycles. The number of urea groups is 1. The number of amides is 2. The predicted molar refractivity (Wildman–Crippen MR) is 72.5 cm³/mol. The maximum atomic E-state index is 12.3. The van der Waals surface area contributed by atoms with Crippen molar-refractivity contribution < 1.29 is 14.7 Å². The first kappa shape index (κ1) is 13.4. The summed E-state index contributed by atoms with van der Waals surface area (Å²) in [5.41, 5.74) is 1.78. The summed E-state index contributed by atoms with van der Waals surface area (Å²) < 4.78 is 0. The molecular formula is C14H18N2O3. The number of fused-ring (bicyclic) bond motifs is 1. The fourth-order valence-electron chi connectivity index (χ4n) is 2.40. The number of benzene rings is 1. The minimum Gasteiger partial charge on any atom is -0.481 e. The van der Waals surface area contributed by atoms with Gasteiger partial charge in [-0.25, -0.2) is 4.79 Å². The lowest BCUT2D eigenvalue weighted by Crippen LogP contribution is -2.40. The second-order valence-corrected chi connectivity index (χ2v) is 4.76. The number of aliphatic carboxylic acids is 1. The molecule has 0 saturated heterocycles. The van der Waals surface area contributed by atoms with Crippen LogP contribution >= 0.6 is 0 Å². The monoisotopic (exact) mass is 262 g/mol. The first-order valence-electron chi connectivity index (χ1n) is 6.38. The molecule has 1 heterocycles. The van der Waals surface area contributed by atoms with Crippen LogP contribution in [0, 0.1) is 0 Å². The van der Waals surface area contributed by atoms with Crippen LogP contribution in [0.15, 0.2) is 24.3 Å². The smallest absolute Gasteiger partial charge is 0.324 e. The first-order valence-corrected chi connectivity index (χ1v) is 6.38. The molecule has 1 aromatic rings. The summed E-state index contributed by atoms with van der Waals surface area (Å²) in [7, 11) is 1.75. The van der Waals surface area contributed by atoms with Crippen LogP contribution in [0.4, 0.5) is 10.5 Å². The number of carbonyl (C=O) groups excluding carboxylic acids is 1. The molecule has 19 heavy (non-hydrogen) atoms. The summed E-state index contributed by atoms with van der Waals surface area (Å²) in [6.07, 6.45) is 0.0522. The normalized spacial score (nSPS) is 17.2. The summed E-state index contributed by atoms with van der Waals surface area (Å²) in [5, 5.41) is 8.97. The largest absolute Gasteiger partial charge is 0.481 e. The van der Waals surface area contributed by atoms with Gasteiger partial charge < -0.3 is 10.0 Å². The molecule has 0 bridgehead atoms. The van der Waals surface area contributed by atoms with E-state index in [-0.39, 0.29) is 18.4 Å². The van der Waals surface area contributed by atoms with Crippen LogP contribution in [0.25, 0.3) is 0 Å². The zero-order valence-electron chi connectivity index (χ0n) is 11.2. The zero-order valence-corrected chi connectivity index (χ0v) is 11.2. The second kappa shape index (κ2) is 5.30. The number of hydrogen-bond acceptors (Lipinski definition) is 2. The molecule has 0 spiro atoms. The predicted octanol–water partition coefficient (Wildman–Crippen LogP) is 2.14. The second-order valence-electron chi connectivity index (χ2n) is 4.76. The molecule has 102 valence electrons. The Hall–Kier alpha value is -2.04. The van der Waals surface area contributed by atoms with Gasteiger partial charge in [-0.15, -0.1) is 0 Å². The van der Waals surface area contributed by atoms with E-state index >= 15 is 0 Å². The van der Waals surface area contributed by atoms with Gasteiger partial charge in [0.2, 0.25) is 0 Å². The first-order chi connectivity index (χ1) is 9.04. The van der Waals surface area contributed by atoms with Crippen molar-refractivity contribution in [2.24, 2.45) is 0 Å². The SMILES string of the molecule is CCN(C)C(=O)N1CC(CC(=O)O)c2ccccc21. The maximum Gasteiger partial charge on any atom is 0.324 e. The summed E-state index contributed by atoms with van der Waals surface area (Å²) in [6, 6.07) is 7.45. The van der Waals surface area contributed by atoms with Crippen LogP contribution in [-0.2, 0) is 4.79 Å². The highest BCUT2D eigenvalue weighted by Gasteiger charge is 2.34. The van der Waals surface area contributed by atoms with Gasteiger partial charge in [0.05, 0.1) is 6.42 Å². The molecule has 0 fully saturated rings. The minimum absolute atomic E-state index is 0.0522. The van der Waals surface area contributed by atoms with Crippen LogP contribution in [0.1, 0.15) is 24.8 Å². The van der Waals surface area contributed by atoms with E-state index in [4.69, 9.17) is 5.11 Å². The van der Waals surface area contributed by atoms with E-state index in [1.165, 1.54) is 0 Å². The Morgan fingerprint density at radius 3 is 2.74 bits per heavy atom. The molecule has 1 aliphatic heterocycles. The average molecular weight is 262 g/mol. The Bertz CT molecular complexity index is 501. The van der Waals surface area contributed by atoms with Crippen molar-refractivity contribution in [2.75, 3.05) is 25.0 Å². The minimum atomic E-state index is -0.835. The van der Waals surface area contributed by atoms with Crippen LogP contribution in [0.2, 0.25) is 0 Å². The van der Waals surface area contributed by atoms with E-state index in [9.17, 15) is 9.59 Å². The Balaban J connectivity index is 2.30. The molecule has 2 rings (SSSR count). The van der Waals surface area contributed by atoms with Gasteiger partial charge in [0.25, 0.3) is 0 Å². The van der Waals surface area contributed by atoms with Gasteiger partial charge in [-0.1, -0.05) is 18.2 Å². The Morgan fingerprint density at radius 1 is 1.42 bits per heavy atom. The topological polar surface area (TPSA) is 60.9 Å². The number of carbonyl (C=O) groups is 2. The molecule has 5 nitrogen and oxygen atoms in total. The van der Waals surface area contributed by atoms with E-state index < -0.39 is 5.97 Å². The van der Waals surface area contributed by atoms with E-state index in [2.05, 4.69) is 0 Å². The lowest BCUT2D eigenvalue weighted by molar-refractivity contribution is -0.137. The average Bonchev–Trinajstić information content (AvgIpc) is 2.75. The van der Waals surface area contributed by atoms with Gasteiger partial charge >= 0.3 is 12.0 Å². The van der Waals surface area contributed by atoms with Crippen LogP contribution in [-0.4, -0.2) is 42.1 Å². The lowest BCUT2D eigenvalue weighted by atomic mass is 9.98. The third kappa shape index (κ3) is 2.54. The summed E-state index contributed by atoms with van der Waals surface area (Å²) >= 11 is 0. The van der Waals surface area contributed by atoms with Gasteiger partial charge in [0, 0.05) is 31.7 Å². The number of nitrogens with zero attached hydrogens (tertiary/aromatic N) is 2. The fraction of sp³-hybridized carbons (Fsp3) is 0.429. The third-order valence-electron chi connectivity index (χ3n) is 3.52. The fourth-order valence-corrected chi connectivity index (χ4v) is 2.40. The standard InChI is InChI=1S/C14H18N2O3/c1-3-15(2)14(19)16-9-10(8-13(17)18)11-6-4-5-7-12(11)16/h4-7,10H,3,8-9H2,1-2H3,(H,17,18). The van der Waals surface area contributed by atoms with Crippen molar-refractivity contribution in [3.05, 3.63) is 29.8 Å². The quantitative estimate of drug-likeness (QED) is 0.907. The highest BCUT2D eigenvalue weighted by atomic mass is 16.4. The summed E-state index contributed by atoms with van der Waals surface area (Å²) in [4.78, 5) is 26.5. The van der Waals surface area contributed by atoms with Crippen molar-refractivity contribution in [1.82, 2.24) is 4.90 Å². The van der Waals surface area contributed by atoms with Crippen molar-refractivity contribution >= 4 is 17.7 Å². The molecule has 0 aliphatic carbocycles. The number of hydrogen-bond donors (Lipinski definition) is 1. The Labute approximate surface area is 112 Å². The Morgan fingerprint density at radius 2 is 2.11 bits per heavy atom. The molecule has 0 saturated carbocycles. The van der Waals surface area contributed by atoms with Gasteiger partial charge in [0.1, 0.15) is 0 Å².